The summed E-state index contributed by atoms with van der Waals surface area (Å²) in [7, 11) is 0. The van der Waals surface area contributed by atoms with Gasteiger partial charge in [0.25, 0.3) is 0 Å². The molecule has 0 bridgehead atoms. The Kier molecular flexibility index (Phi) is 3.69. The number of fused-ring (bicyclic) bond motifs is 1. The molecular formula is C17H13ClN2O2. The van der Waals surface area contributed by atoms with Gasteiger partial charge in [0.2, 0.25) is 0 Å². The van der Waals surface area contributed by atoms with Crippen LogP contribution in [0, 0.1) is 6.92 Å². The largest absolute Gasteiger partial charge is 0.478 e. The van der Waals surface area contributed by atoms with Gasteiger partial charge in [-0.2, -0.15) is 0 Å². The lowest BCUT2D eigenvalue weighted by Gasteiger charge is -2.11. The number of carboxylic acids is 1. The SMILES string of the molecule is Cc1c(Cl)ccc2c(Nc3cccc(C(=O)O)c3)ccnc12. The van der Waals surface area contributed by atoms with Gasteiger partial charge in [-0.1, -0.05) is 17.7 Å². The third-order valence-electron chi connectivity index (χ3n) is 3.49. The van der Waals surface area contributed by atoms with E-state index in [4.69, 9.17) is 16.7 Å². The molecule has 0 unspecified atom stereocenters. The van der Waals surface area contributed by atoms with Crippen molar-refractivity contribution >= 4 is 39.8 Å². The number of pyridine rings is 1. The predicted octanol–water partition coefficient (Wildman–Crippen LogP) is 4.64. The van der Waals surface area contributed by atoms with Gasteiger partial charge in [-0.05, 0) is 48.9 Å². The minimum Gasteiger partial charge on any atom is -0.478 e. The minimum absolute atomic E-state index is 0.239. The van der Waals surface area contributed by atoms with Crippen LogP contribution in [-0.2, 0) is 0 Å². The molecular weight excluding hydrogens is 300 g/mol. The Morgan fingerprint density at radius 3 is 2.82 bits per heavy atom. The molecule has 0 radical (unpaired) electrons. The monoisotopic (exact) mass is 312 g/mol. The number of hydrogen-bond donors (Lipinski definition) is 2. The van der Waals surface area contributed by atoms with Crippen LogP contribution in [0.3, 0.4) is 0 Å². The second-order valence-corrected chi connectivity index (χ2v) is 5.35. The van der Waals surface area contributed by atoms with Crippen LogP contribution in [0.2, 0.25) is 5.02 Å². The fraction of sp³-hybridized carbons (Fsp3) is 0.0588. The van der Waals surface area contributed by atoms with E-state index in [-0.39, 0.29) is 5.56 Å². The van der Waals surface area contributed by atoms with E-state index < -0.39 is 5.97 Å². The highest BCUT2D eigenvalue weighted by molar-refractivity contribution is 6.32. The van der Waals surface area contributed by atoms with Crippen LogP contribution in [0.5, 0.6) is 0 Å². The van der Waals surface area contributed by atoms with Gasteiger partial charge in [-0.3, -0.25) is 4.98 Å². The van der Waals surface area contributed by atoms with Crippen LogP contribution in [0.15, 0.2) is 48.7 Å². The van der Waals surface area contributed by atoms with Crippen molar-refractivity contribution < 1.29 is 9.90 Å². The summed E-state index contributed by atoms with van der Waals surface area (Å²) in [5, 5.41) is 13.9. The fourth-order valence-corrected chi connectivity index (χ4v) is 2.48. The smallest absolute Gasteiger partial charge is 0.335 e. The highest BCUT2D eigenvalue weighted by atomic mass is 35.5. The summed E-state index contributed by atoms with van der Waals surface area (Å²) in [4.78, 5) is 15.4. The summed E-state index contributed by atoms with van der Waals surface area (Å²) in [5.74, 6) is -0.953. The van der Waals surface area contributed by atoms with Gasteiger partial charge in [0.15, 0.2) is 0 Å². The molecule has 3 rings (SSSR count). The third-order valence-corrected chi connectivity index (χ3v) is 3.90. The zero-order chi connectivity index (χ0) is 15.7. The summed E-state index contributed by atoms with van der Waals surface area (Å²) < 4.78 is 0. The molecule has 22 heavy (non-hydrogen) atoms. The lowest BCUT2D eigenvalue weighted by atomic mass is 10.1. The van der Waals surface area contributed by atoms with E-state index in [0.717, 1.165) is 22.2 Å². The number of rotatable bonds is 3. The van der Waals surface area contributed by atoms with Crippen LogP contribution < -0.4 is 5.32 Å². The maximum atomic E-state index is 11.0. The Morgan fingerprint density at radius 2 is 2.05 bits per heavy atom. The molecule has 0 saturated heterocycles. The molecule has 0 amide bonds. The first-order valence-electron chi connectivity index (χ1n) is 6.70. The second kappa shape index (κ2) is 5.66. The number of carboxylic acid groups (broad SMARTS) is 1. The van der Waals surface area contributed by atoms with Gasteiger partial charge in [0.1, 0.15) is 0 Å². The van der Waals surface area contributed by atoms with E-state index in [1.165, 1.54) is 0 Å². The molecule has 0 aliphatic heterocycles. The van der Waals surface area contributed by atoms with Crippen molar-refractivity contribution in [1.82, 2.24) is 4.98 Å². The summed E-state index contributed by atoms with van der Waals surface area (Å²) >= 11 is 6.13. The predicted molar refractivity (Wildman–Crippen MR) is 88.2 cm³/mol. The Balaban J connectivity index is 2.06. The van der Waals surface area contributed by atoms with Crippen molar-refractivity contribution in [2.75, 3.05) is 5.32 Å². The van der Waals surface area contributed by atoms with Crippen molar-refractivity contribution in [1.29, 1.82) is 0 Å². The van der Waals surface area contributed by atoms with E-state index in [1.54, 1.807) is 24.4 Å². The topological polar surface area (TPSA) is 62.2 Å². The Morgan fingerprint density at radius 1 is 1.23 bits per heavy atom. The molecule has 2 aromatic carbocycles. The maximum absolute atomic E-state index is 11.0. The first kappa shape index (κ1) is 14.4. The maximum Gasteiger partial charge on any atom is 0.335 e. The molecule has 1 aromatic heterocycles. The average molecular weight is 313 g/mol. The average Bonchev–Trinajstić information content (AvgIpc) is 2.52. The number of anilines is 2. The summed E-state index contributed by atoms with van der Waals surface area (Å²) in [6, 6.07) is 12.3. The molecule has 110 valence electrons. The number of carbonyl (C=O) groups is 1. The van der Waals surface area contributed by atoms with Gasteiger partial charge < -0.3 is 10.4 Å². The summed E-state index contributed by atoms with van der Waals surface area (Å²) in [6.45, 7) is 1.92. The van der Waals surface area contributed by atoms with Crippen LogP contribution in [0.1, 0.15) is 15.9 Å². The first-order valence-corrected chi connectivity index (χ1v) is 7.08. The molecule has 2 N–H and O–H groups in total. The molecule has 4 nitrogen and oxygen atoms in total. The van der Waals surface area contributed by atoms with E-state index in [2.05, 4.69) is 10.3 Å². The van der Waals surface area contributed by atoms with Gasteiger partial charge in [0, 0.05) is 28.0 Å². The van der Waals surface area contributed by atoms with E-state index in [1.807, 2.05) is 31.2 Å². The van der Waals surface area contributed by atoms with Gasteiger partial charge in [-0.15, -0.1) is 0 Å². The number of nitrogens with zero attached hydrogens (tertiary/aromatic N) is 1. The molecule has 3 aromatic rings. The Hall–Kier alpha value is -2.59. The highest BCUT2D eigenvalue weighted by Crippen LogP contribution is 2.30. The van der Waals surface area contributed by atoms with Crippen molar-refractivity contribution in [3.05, 3.63) is 64.8 Å². The molecule has 0 aliphatic rings. The number of benzene rings is 2. The summed E-state index contributed by atoms with van der Waals surface area (Å²) in [6.07, 6.45) is 1.70. The Labute approximate surface area is 132 Å². The second-order valence-electron chi connectivity index (χ2n) is 4.94. The van der Waals surface area contributed by atoms with Crippen molar-refractivity contribution in [2.45, 2.75) is 6.92 Å². The number of hydrogen-bond acceptors (Lipinski definition) is 3. The molecule has 0 aliphatic carbocycles. The van der Waals surface area contributed by atoms with E-state index in [0.29, 0.717) is 10.7 Å². The van der Waals surface area contributed by atoms with Gasteiger partial charge >= 0.3 is 5.97 Å². The fourth-order valence-electron chi connectivity index (χ4n) is 2.33. The molecule has 0 saturated carbocycles. The lowest BCUT2D eigenvalue weighted by Crippen LogP contribution is -1.98. The van der Waals surface area contributed by atoms with Gasteiger partial charge in [-0.25, -0.2) is 4.79 Å². The van der Waals surface area contributed by atoms with Crippen LogP contribution >= 0.6 is 11.6 Å². The number of nitrogens with one attached hydrogen (secondary N) is 1. The minimum atomic E-state index is -0.953. The molecule has 0 atom stereocenters. The van der Waals surface area contributed by atoms with Gasteiger partial charge in [0.05, 0.1) is 11.1 Å². The number of aryl methyl sites for hydroxylation is 1. The summed E-state index contributed by atoms with van der Waals surface area (Å²) in [5.41, 5.74) is 3.55. The zero-order valence-corrected chi connectivity index (χ0v) is 12.6. The van der Waals surface area contributed by atoms with Crippen molar-refractivity contribution in [3.8, 4) is 0 Å². The molecule has 5 heteroatoms. The van der Waals surface area contributed by atoms with Crippen molar-refractivity contribution in [2.24, 2.45) is 0 Å². The number of halogens is 1. The standard InChI is InChI=1S/C17H13ClN2O2/c1-10-14(18)6-5-13-15(7-8-19-16(10)13)20-12-4-2-3-11(9-12)17(21)22/h2-9H,1H3,(H,19,20)(H,21,22). The van der Waals surface area contributed by atoms with Crippen LogP contribution in [0.4, 0.5) is 11.4 Å². The normalized spacial score (nSPS) is 10.6. The van der Waals surface area contributed by atoms with E-state index >= 15 is 0 Å². The highest BCUT2D eigenvalue weighted by Gasteiger charge is 2.08. The zero-order valence-electron chi connectivity index (χ0n) is 11.8. The quantitative estimate of drug-likeness (QED) is 0.739. The number of aromatic carboxylic acids is 1. The Bertz CT molecular complexity index is 878. The van der Waals surface area contributed by atoms with Crippen LogP contribution in [-0.4, -0.2) is 16.1 Å². The first-order chi connectivity index (χ1) is 10.6. The third kappa shape index (κ3) is 2.61. The molecule has 0 spiro atoms. The van der Waals surface area contributed by atoms with Crippen LogP contribution in [0.25, 0.3) is 10.9 Å². The molecule has 0 fully saturated rings. The number of aromatic nitrogens is 1. The molecule has 1 heterocycles. The van der Waals surface area contributed by atoms with Crippen molar-refractivity contribution in [3.63, 3.8) is 0 Å². The lowest BCUT2D eigenvalue weighted by molar-refractivity contribution is 0.0697. The van der Waals surface area contributed by atoms with E-state index in [9.17, 15) is 4.79 Å².